The molecule has 2 amide bonds. The Bertz CT molecular complexity index is 895. The summed E-state index contributed by atoms with van der Waals surface area (Å²) in [6.45, 7) is 4.93. The van der Waals surface area contributed by atoms with Crippen molar-refractivity contribution in [2.45, 2.75) is 26.7 Å². The van der Waals surface area contributed by atoms with E-state index >= 15 is 0 Å². The maximum Gasteiger partial charge on any atom is 0.235 e. The first kappa shape index (κ1) is 15.1. The van der Waals surface area contributed by atoms with Crippen LogP contribution < -0.4 is 10.2 Å². The van der Waals surface area contributed by atoms with E-state index in [9.17, 15) is 14.0 Å². The van der Waals surface area contributed by atoms with Crippen molar-refractivity contribution in [2.75, 3.05) is 18.0 Å². The number of pyridine rings is 1. The minimum atomic E-state index is -0.642. The molecule has 2 aromatic rings. The van der Waals surface area contributed by atoms with Crippen LogP contribution in [-0.2, 0) is 9.59 Å². The highest BCUT2D eigenvalue weighted by atomic mass is 19.1. The number of halogens is 1. The van der Waals surface area contributed by atoms with Crippen molar-refractivity contribution in [3.05, 3.63) is 35.1 Å². The lowest BCUT2D eigenvalue weighted by Gasteiger charge is -2.23. The number of hydrogen-bond acceptors (Lipinski definition) is 4. The number of anilines is 1. The monoisotopic (exact) mass is 327 g/mol. The van der Waals surface area contributed by atoms with Gasteiger partial charge in [-0.1, -0.05) is 6.07 Å². The quantitative estimate of drug-likeness (QED) is 0.816. The zero-order chi connectivity index (χ0) is 17.1. The molecule has 1 aromatic carbocycles. The highest BCUT2D eigenvalue weighted by Crippen LogP contribution is 2.40. The van der Waals surface area contributed by atoms with Gasteiger partial charge in [0.05, 0.1) is 10.9 Å². The Morgan fingerprint density at radius 2 is 2.04 bits per heavy atom. The molecule has 3 heterocycles. The van der Waals surface area contributed by atoms with E-state index in [-0.39, 0.29) is 24.1 Å². The predicted octanol–water partition coefficient (Wildman–Crippen LogP) is 2.23. The molecule has 24 heavy (non-hydrogen) atoms. The highest BCUT2D eigenvalue weighted by molar-refractivity contribution is 6.06. The van der Waals surface area contributed by atoms with Gasteiger partial charge in [0.25, 0.3) is 0 Å². The molecule has 1 aromatic heterocycles. The number of hydrogen-bond donors (Lipinski definition) is 1. The van der Waals surface area contributed by atoms with Crippen LogP contribution >= 0.6 is 0 Å². The molecule has 4 rings (SSSR count). The zero-order valence-electron chi connectivity index (χ0n) is 13.6. The minimum absolute atomic E-state index is 0.185. The average molecular weight is 327 g/mol. The molecule has 2 aliphatic heterocycles. The standard InChI is InChI=1S/C18H18FN3O2/c1-10-3-4-13(19)12-7-11(2)16(21-15(10)12)22-6-5-18(9-22)8-14(23)20-17(18)24/h3-4,7H,5-6,8-9H2,1-2H3,(H,20,23,24)/t18-/m1/s1. The fourth-order valence-electron chi connectivity index (χ4n) is 3.85. The van der Waals surface area contributed by atoms with E-state index in [1.807, 2.05) is 24.8 Å². The molecule has 124 valence electrons. The zero-order valence-corrected chi connectivity index (χ0v) is 13.6. The number of amides is 2. The van der Waals surface area contributed by atoms with Crippen LogP contribution in [0.2, 0.25) is 0 Å². The third-order valence-corrected chi connectivity index (χ3v) is 5.18. The number of carbonyl (C=O) groups is 2. The van der Waals surface area contributed by atoms with Gasteiger partial charge in [-0.2, -0.15) is 0 Å². The van der Waals surface area contributed by atoms with Gasteiger partial charge in [0.1, 0.15) is 11.6 Å². The van der Waals surface area contributed by atoms with Gasteiger partial charge in [-0.25, -0.2) is 9.37 Å². The SMILES string of the molecule is Cc1cc2c(F)ccc(C)c2nc1N1CC[C@@]2(CC(=O)NC2=O)C1. The van der Waals surface area contributed by atoms with E-state index in [4.69, 9.17) is 0 Å². The number of aryl methyl sites for hydroxylation is 2. The molecular formula is C18H18FN3O2. The predicted molar refractivity (Wildman–Crippen MR) is 88.2 cm³/mol. The van der Waals surface area contributed by atoms with Crippen molar-refractivity contribution in [1.82, 2.24) is 10.3 Å². The Labute approximate surface area is 138 Å². The second kappa shape index (κ2) is 5.00. The number of benzene rings is 1. The van der Waals surface area contributed by atoms with Crippen molar-refractivity contribution in [1.29, 1.82) is 0 Å². The van der Waals surface area contributed by atoms with Crippen molar-refractivity contribution in [2.24, 2.45) is 5.41 Å². The van der Waals surface area contributed by atoms with Crippen LogP contribution in [0.5, 0.6) is 0 Å². The number of rotatable bonds is 1. The highest BCUT2D eigenvalue weighted by Gasteiger charge is 2.51. The molecule has 5 nitrogen and oxygen atoms in total. The Balaban J connectivity index is 1.75. The van der Waals surface area contributed by atoms with Crippen LogP contribution in [0.3, 0.4) is 0 Å². The minimum Gasteiger partial charge on any atom is -0.355 e. The molecule has 0 saturated carbocycles. The lowest BCUT2D eigenvalue weighted by molar-refractivity contribution is -0.127. The van der Waals surface area contributed by atoms with Crippen LogP contribution in [0.1, 0.15) is 24.0 Å². The summed E-state index contributed by atoms with van der Waals surface area (Å²) < 4.78 is 14.0. The van der Waals surface area contributed by atoms with Gasteiger partial charge < -0.3 is 4.90 Å². The normalized spacial score (nSPS) is 23.5. The smallest absolute Gasteiger partial charge is 0.235 e. The fraction of sp³-hybridized carbons (Fsp3) is 0.389. The molecule has 1 atom stereocenters. The molecule has 2 aliphatic rings. The van der Waals surface area contributed by atoms with E-state index in [0.29, 0.717) is 30.4 Å². The number of aromatic nitrogens is 1. The summed E-state index contributed by atoms with van der Waals surface area (Å²) >= 11 is 0. The number of nitrogens with one attached hydrogen (secondary N) is 1. The molecule has 0 bridgehead atoms. The Kier molecular flexibility index (Phi) is 3.13. The first-order valence-corrected chi connectivity index (χ1v) is 8.05. The van der Waals surface area contributed by atoms with Crippen LogP contribution in [0.15, 0.2) is 18.2 Å². The Morgan fingerprint density at radius 3 is 2.75 bits per heavy atom. The third-order valence-electron chi connectivity index (χ3n) is 5.18. The van der Waals surface area contributed by atoms with Gasteiger partial charge >= 0.3 is 0 Å². The molecule has 0 radical (unpaired) electrons. The average Bonchev–Trinajstić information content (AvgIpc) is 3.07. The Hall–Kier alpha value is -2.50. The largest absolute Gasteiger partial charge is 0.355 e. The first-order chi connectivity index (χ1) is 11.4. The van der Waals surface area contributed by atoms with E-state index in [1.165, 1.54) is 6.07 Å². The Morgan fingerprint density at radius 1 is 1.25 bits per heavy atom. The van der Waals surface area contributed by atoms with Crippen LogP contribution in [0, 0.1) is 25.1 Å². The lowest BCUT2D eigenvalue weighted by atomic mass is 9.85. The van der Waals surface area contributed by atoms with E-state index in [1.54, 1.807) is 6.07 Å². The maximum atomic E-state index is 14.0. The fourth-order valence-corrected chi connectivity index (χ4v) is 3.85. The topological polar surface area (TPSA) is 62.3 Å². The lowest BCUT2D eigenvalue weighted by Crippen LogP contribution is -2.35. The molecular weight excluding hydrogens is 309 g/mol. The van der Waals surface area contributed by atoms with Crippen LogP contribution in [0.4, 0.5) is 10.2 Å². The summed E-state index contributed by atoms with van der Waals surface area (Å²) in [5, 5.41) is 2.92. The molecule has 1 N–H and O–H groups in total. The van der Waals surface area contributed by atoms with Crippen molar-refractivity contribution < 1.29 is 14.0 Å². The molecule has 0 unspecified atom stereocenters. The number of carbonyl (C=O) groups excluding carboxylic acids is 2. The third kappa shape index (κ3) is 2.09. The molecule has 0 aliphatic carbocycles. The molecule has 2 fully saturated rings. The summed E-state index contributed by atoms with van der Waals surface area (Å²) in [6.07, 6.45) is 0.870. The molecule has 6 heteroatoms. The van der Waals surface area contributed by atoms with Crippen molar-refractivity contribution >= 4 is 28.5 Å². The van der Waals surface area contributed by atoms with Crippen molar-refractivity contribution in [3.63, 3.8) is 0 Å². The number of imide groups is 1. The van der Waals surface area contributed by atoms with Crippen LogP contribution in [0.25, 0.3) is 10.9 Å². The van der Waals surface area contributed by atoms with Gasteiger partial charge in [0.2, 0.25) is 11.8 Å². The molecule has 1 spiro atoms. The maximum absolute atomic E-state index is 14.0. The van der Waals surface area contributed by atoms with Gasteiger partial charge in [0, 0.05) is 24.9 Å². The summed E-state index contributed by atoms with van der Waals surface area (Å²) in [7, 11) is 0. The van der Waals surface area contributed by atoms with E-state index in [0.717, 1.165) is 16.9 Å². The second-order valence-electron chi connectivity index (χ2n) is 6.90. The van der Waals surface area contributed by atoms with Crippen LogP contribution in [-0.4, -0.2) is 29.9 Å². The number of fused-ring (bicyclic) bond motifs is 1. The summed E-state index contributed by atoms with van der Waals surface area (Å²) in [5.74, 6) is 0.0928. The van der Waals surface area contributed by atoms with E-state index in [2.05, 4.69) is 10.3 Å². The molecule has 2 saturated heterocycles. The van der Waals surface area contributed by atoms with Gasteiger partial charge in [-0.3, -0.25) is 14.9 Å². The summed E-state index contributed by atoms with van der Waals surface area (Å²) in [5.41, 5.74) is 1.78. The van der Waals surface area contributed by atoms with E-state index < -0.39 is 5.41 Å². The van der Waals surface area contributed by atoms with Gasteiger partial charge in [-0.15, -0.1) is 0 Å². The number of nitrogens with zero attached hydrogens (tertiary/aromatic N) is 2. The second-order valence-corrected chi connectivity index (χ2v) is 6.90. The summed E-state index contributed by atoms with van der Waals surface area (Å²) in [4.78, 5) is 30.5. The van der Waals surface area contributed by atoms with Gasteiger partial charge in [0.15, 0.2) is 0 Å². The van der Waals surface area contributed by atoms with Crippen molar-refractivity contribution in [3.8, 4) is 0 Å². The van der Waals surface area contributed by atoms with Gasteiger partial charge in [-0.05, 0) is 43.5 Å². The summed E-state index contributed by atoms with van der Waals surface area (Å²) in [6, 6.07) is 4.99. The first-order valence-electron chi connectivity index (χ1n) is 8.05.